The molecule has 1 aliphatic rings. The van der Waals surface area contributed by atoms with Crippen molar-refractivity contribution in [1.82, 2.24) is 4.31 Å². The summed E-state index contributed by atoms with van der Waals surface area (Å²) in [6, 6.07) is 6.46. The third-order valence-electron chi connectivity index (χ3n) is 4.83. The van der Waals surface area contributed by atoms with Gasteiger partial charge in [0.15, 0.2) is 17.3 Å². The van der Waals surface area contributed by atoms with Crippen LogP contribution < -0.4 is 9.47 Å². The predicted octanol–water partition coefficient (Wildman–Crippen LogP) is 3.36. The van der Waals surface area contributed by atoms with Crippen molar-refractivity contribution in [3.8, 4) is 11.5 Å². The number of hydrogen-bond donors (Lipinski definition) is 0. The molecule has 1 aromatic heterocycles. The maximum Gasteiger partial charge on any atom is 0.243 e. The number of benzene rings is 1. The van der Waals surface area contributed by atoms with Gasteiger partial charge in [0.05, 0.1) is 24.0 Å². The molecule has 8 heteroatoms. The number of sulfonamides is 1. The molecule has 1 atom stereocenters. The minimum absolute atomic E-state index is 0.0368. The zero-order valence-corrected chi connectivity index (χ0v) is 17.2. The molecule has 1 aromatic carbocycles. The minimum atomic E-state index is -3.72. The van der Waals surface area contributed by atoms with Gasteiger partial charge in [-0.25, -0.2) is 8.42 Å². The zero-order chi connectivity index (χ0) is 19.6. The van der Waals surface area contributed by atoms with Gasteiger partial charge in [0.25, 0.3) is 0 Å². The smallest absolute Gasteiger partial charge is 0.243 e. The zero-order valence-electron chi connectivity index (χ0n) is 15.6. The molecule has 1 fully saturated rings. The quantitative estimate of drug-likeness (QED) is 0.684. The number of Topliss-reactive ketones (excluding diaryl/α,β-unsaturated/α-hetero) is 1. The fourth-order valence-corrected chi connectivity index (χ4v) is 5.80. The summed E-state index contributed by atoms with van der Waals surface area (Å²) < 4.78 is 38.0. The van der Waals surface area contributed by atoms with Crippen LogP contribution in [-0.4, -0.2) is 45.8 Å². The van der Waals surface area contributed by atoms with Gasteiger partial charge in [0.1, 0.15) is 0 Å². The first-order valence-corrected chi connectivity index (χ1v) is 11.0. The topological polar surface area (TPSA) is 72.9 Å². The molecule has 1 saturated heterocycles. The summed E-state index contributed by atoms with van der Waals surface area (Å²) in [6.45, 7) is 2.52. The van der Waals surface area contributed by atoms with E-state index in [1.807, 2.05) is 18.4 Å². The van der Waals surface area contributed by atoms with Gasteiger partial charge in [0, 0.05) is 25.1 Å². The average Bonchev–Trinajstić information content (AvgIpc) is 3.12. The molecular formula is C19H23NO5S2. The van der Waals surface area contributed by atoms with E-state index < -0.39 is 10.0 Å². The Bertz CT molecular complexity index is 935. The largest absolute Gasteiger partial charge is 0.493 e. The molecule has 0 radical (unpaired) electrons. The molecule has 0 aliphatic carbocycles. The van der Waals surface area contributed by atoms with E-state index in [-0.39, 0.29) is 23.1 Å². The van der Waals surface area contributed by atoms with Crippen LogP contribution in [0.3, 0.4) is 0 Å². The van der Waals surface area contributed by atoms with Crippen molar-refractivity contribution in [3.05, 3.63) is 40.1 Å². The second-order valence-electron chi connectivity index (χ2n) is 6.52. The number of ketones is 1. The number of rotatable bonds is 6. The van der Waals surface area contributed by atoms with E-state index >= 15 is 0 Å². The Labute approximate surface area is 163 Å². The van der Waals surface area contributed by atoms with Crippen molar-refractivity contribution in [2.75, 3.05) is 27.3 Å². The van der Waals surface area contributed by atoms with E-state index in [0.29, 0.717) is 30.9 Å². The summed E-state index contributed by atoms with van der Waals surface area (Å²) in [5, 5.41) is 1.89. The van der Waals surface area contributed by atoms with Crippen LogP contribution in [0.15, 0.2) is 34.5 Å². The summed E-state index contributed by atoms with van der Waals surface area (Å²) in [5.41, 5.74) is 0.949. The molecule has 146 valence electrons. The number of carbonyl (C=O) groups is 1. The first-order valence-electron chi connectivity index (χ1n) is 8.69. The van der Waals surface area contributed by atoms with Gasteiger partial charge in [-0.05, 0) is 48.9 Å². The van der Waals surface area contributed by atoms with Crippen LogP contribution >= 0.6 is 11.3 Å². The molecule has 6 nitrogen and oxygen atoms in total. The van der Waals surface area contributed by atoms with Gasteiger partial charge in [-0.15, -0.1) is 11.3 Å². The molecule has 3 rings (SSSR count). The molecule has 0 spiro atoms. The number of ether oxygens (including phenoxy) is 2. The Balaban J connectivity index is 1.85. The highest BCUT2D eigenvalue weighted by molar-refractivity contribution is 7.89. The lowest BCUT2D eigenvalue weighted by Gasteiger charge is -2.31. The van der Waals surface area contributed by atoms with Crippen LogP contribution in [0.1, 0.15) is 28.1 Å². The summed E-state index contributed by atoms with van der Waals surface area (Å²) >= 11 is 1.42. The van der Waals surface area contributed by atoms with Gasteiger partial charge >= 0.3 is 0 Å². The van der Waals surface area contributed by atoms with Crippen molar-refractivity contribution in [1.29, 1.82) is 0 Å². The number of carbonyl (C=O) groups excluding carboxylic acids is 1. The van der Waals surface area contributed by atoms with Crippen LogP contribution in [0.5, 0.6) is 11.5 Å². The average molecular weight is 410 g/mol. The molecule has 1 aliphatic heterocycles. The van der Waals surface area contributed by atoms with E-state index in [9.17, 15) is 13.2 Å². The van der Waals surface area contributed by atoms with Gasteiger partial charge < -0.3 is 9.47 Å². The number of methoxy groups -OCH3 is 2. The Morgan fingerprint density at radius 1 is 1.19 bits per heavy atom. The summed E-state index contributed by atoms with van der Waals surface area (Å²) in [4.78, 5) is 13.7. The number of piperidine rings is 1. The standard InChI is InChI=1S/C19H23NO5S2/c1-13-8-10-26-19(13)18(21)14-5-4-9-20(12-14)27(22,23)15-6-7-16(24-2)17(11-15)25-3/h6-8,10-11,14H,4-5,9,12H2,1-3H3. The summed E-state index contributed by atoms with van der Waals surface area (Å²) in [7, 11) is -0.751. The molecule has 2 heterocycles. The van der Waals surface area contributed by atoms with Gasteiger partial charge in [-0.3, -0.25) is 4.79 Å². The lowest BCUT2D eigenvalue weighted by atomic mass is 9.93. The monoisotopic (exact) mass is 409 g/mol. The maximum absolute atomic E-state index is 13.1. The molecule has 0 bridgehead atoms. The van der Waals surface area contributed by atoms with E-state index in [0.717, 1.165) is 10.4 Å². The first-order chi connectivity index (χ1) is 12.9. The lowest BCUT2D eigenvalue weighted by molar-refractivity contribution is 0.0876. The SMILES string of the molecule is COc1ccc(S(=O)(=O)N2CCCC(C(=O)c3sccc3C)C2)cc1OC. The van der Waals surface area contributed by atoms with E-state index in [1.165, 1.54) is 42.0 Å². The van der Waals surface area contributed by atoms with Crippen LogP contribution in [0.2, 0.25) is 0 Å². The van der Waals surface area contributed by atoms with Crippen LogP contribution in [0.25, 0.3) is 0 Å². The Hall–Kier alpha value is -1.90. The van der Waals surface area contributed by atoms with Crippen molar-refractivity contribution in [3.63, 3.8) is 0 Å². The highest BCUT2D eigenvalue weighted by atomic mass is 32.2. The maximum atomic E-state index is 13.1. The second-order valence-corrected chi connectivity index (χ2v) is 9.37. The highest BCUT2D eigenvalue weighted by Gasteiger charge is 2.34. The van der Waals surface area contributed by atoms with E-state index in [2.05, 4.69) is 0 Å². The molecular weight excluding hydrogens is 386 g/mol. The molecule has 0 saturated carbocycles. The predicted molar refractivity (Wildman–Crippen MR) is 104 cm³/mol. The molecule has 2 aromatic rings. The third-order valence-corrected chi connectivity index (χ3v) is 7.73. The van der Waals surface area contributed by atoms with Gasteiger partial charge in [-0.1, -0.05) is 0 Å². The van der Waals surface area contributed by atoms with Crippen molar-refractivity contribution in [2.45, 2.75) is 24.7 Å². The van der Waals surface area contributed by atoms with Gasteiger partial charge in [0.2, 0.25) is 10.0 Å². The molecule has 0 amide bonds. The van der Waals surface area contributed by atoms with Crippen LogP contribution in [0.4, 0.5) is 0 Å². The van der Waals surface area contributed by atoms with Crippen LogP contribution in [-0.2, 0) is 10.0 Å². The highest BCUT2D eigenvalue weighted by Crippen LogP contribution is 2.33. The van der Waals surface area contributed by atoms with Crippen LogP contribution in [0, 0.1) is 12.8 Å². The minimum Gasteiger partial charge on any atom is -0.493 e. The molecule has 1 unspecified atom stereocenters. The van der Waals surface area contributed by atoms with Crippen molar-refractivity contribution in [2.24, 2.45) is 5.92 Å². The lowest BCUT2D eigenvalue weighted by Crippen LogP contribution is -2.42. The van der Waals surface area contributed by atoms with Crippen molar-refractivity contribution >= 4 is 27.1 Å². The number of aryl methyl sites for hydroxylation is 1. The molecule has 0 N–H and O–H groups in total. The Morgan fingerprint density at radius 2 is 1.93 bits per heavy atom. The first kappa shape index (κ1) is 19.9. The fourth-order valence-electron chi connectivity index (χ4n) is 3.31. The number of nitrogens with zero attached hydrogens (tertiary/aromatic N) is 1. The second kappa shape index (κ2) is 8.00. The van der Waals surface area contributed by atoms with Gasteiger partial charge in [-0.2, -0.15) is 4.31 Å². The fraction of sp³-hybridized carbons (Fsp3) is 0.421. The molecule has 27 heavy (non-hydrogen) atoms. The summed E-state index contributed by atoms with van der Waals surface area (Å²) in [6.07, 6.45) is 1.36. The van der Waals surface area contributed by atoms with E-state index in [1.54, 1.807) is 6.07 Å². The summed E-state index contributed by atoms with van der Waals surface area (Å²) in [5.74, 6) is 0.550. The Morgan fingerprint density at radius 3 is 2.56 bits per heavy atom. The Kier molecular flexibility index (Phi) is 5.88. The number of hydrogen-bond acceptors (Lipinski definition) is 6. The van der Waals surface area contributed by atoms with Crippen molar-refractivity contribution < 1.29 is 22.7 Å². The third kappa shape index (κ3) is 3.88. The van der Waals surface area contributed by atoms with E-state index in [4.69, 9.17) is 9.47 Å². The normalized spacial score (nSPS) is 18.3. The number of thiophene rings is 1.